The van der Waals surface area contributed by atoms with E-state index in [-0.39, 0.29) is 10.4 Å². The fraction of sp³-hybridized carbons (Fsp3) is 0.167. The number of alkyl halides is 3. The van der Waals surface area contributed by atoms with Gasteiger partial charge in [0.15, 0.2) is 0 Å². The average molecular weight is 289 g/mol. The van der Waals surface area contributed by atoms with Crippen LogP contribution in [0.15, 0.2) is 24.4 Å². The second-order valence-electron chi connectivity index (χ2n) is 3.77. The summed E-state index contributed by atoms with van der Waals surface area (Å²) in [6.07, 6.45) is -3.54. The molecule has 1 aromatic carbocycles. The summed E-state index contributed by atoms with van der Waals surface area (Å²) in [6.45, 7) is 1.67. The lowest BCUT2D eigenvalue weighted by molar-refractivity contribution is -0.140. The van der Waals surface area contributed by atoms with Gasteiger partial charge in [0, 0.05) is 11.8 Å². The molecule has 19 heavy (non-hydrogen) atoms. The minimum atomic E-state index is -4.83. The molecule has 0 bridgehead atoms. The smallest absolute Gasteiger partial charge is 0.288 e. The van der Waals surface area contributed by atoms with Gasteiger partial charge in [-0.1, -0.05) is 0 Å². The highest BCUT2D eigenvalue weighted by atomic mass is 32.1. The van der Waals surface area contributed by atoms with Crippen LogP contribution >= 0.6 is 11.3 Å². The van der Waals surface area contributed by atoms with Crippen molar-refractivity contribution in [2.45, 2.75) is 13.1 Å². The normalized spacial score (nSPS) is 11.6. The van der Waals surface area contributed by atoms with Gasteiger partial charge < -0.3 is 0 Å². The maximum absolute atomic E-state index is 13.1. The zero-order chi connectivity index (χ0) is 14.2. The summed E-state index contributed by atoms with van der Waals surface area (Å²) in [5.74, 6) is -2.00. The highest BCUT2D eigenvalue weighted by molar-refractivity contribution is 7.13. The number of rotatable bonds is 2. The maximum Gasteiger partial charge on any atom is 0.419 e. The second-order valence-corrected chi connectivity index (χ2v) is 5.00. The van der Waals surface area contributed by atoms with E-state index in [9.17, 15) is 22.4 Å². The molecule has 1 heterocycles. The van der Waals surface area contributed by atoms with Gasteiger partial charge in [-0.15, -0.1) is 11.3 Å². The van der Waals surface area contributed by atoms with Gasteiger partial charge >= 0.3 is 6.18 Å². The zero-order valence-corrected chi connectivity index (χ0v) is 10.4. The van der Waals surface area contributed by atoms with Crippen molar-refractivity contribution in [2.24, 2.45) is 0 Å². The van der Waals surface area contributed by atoms with Gasteiger partial charge in [-0.2, -0.15) is 13.2 Å². The van der Waals surface area contributed by atoms with E-state index in [1.54, 1.807) is 6.92 Å². The molecule has 0 saturated carbocycles. The number of carbonyl (C=O) groups excluding carboxylic acids is 1. The highest BCUT2D eigenvalue weighted by Gasteiger charge is 2.34. The van der Waals surface area contributed by atoms with Crippen molar-refractivity contribution < 1.29 is 22.4 Å². The summed E-state index contributed by atoms with van der Waals surface area (Å²) in [5, 5.41) is 0.626. The van der Waals surface area contributed by atoms with E-state index in [0.717, 1.165) is 17.4 Å². The fourth-order valence-electron chi connectivity index (χ4n) is 1.49. The molecule has 100 valence electrons. The summed E-state index contributed by atoms with van der Waals surface area (Å²) in [7, 11) is 0. The van der Waals surface area contributed by atoms with Gasteiger partial charge in [0.2, 0.25) is 5.78 Å². The van der Waals surface area contributed by atoms with E-state index in [2.05, 4.69) is 4.98 Å². The van der Waals surface area contributed by atoms with Gasteiger partial charge in [0.1, 0.15) is 5.82 Å². The van der Waals surface area contributed by atoms with Gasteiger partial charge in [-0.25, -0.2) is 9.37 Å². The molecule has 0 fully saturated rings. The lowest BCUT2D eigenvalue weighted by Crippen LogP contribution is -2.10. The van der Waals surface area contributed by atoms with E-state index in [1.165, 1.54) is 6.20 Å². The quantitative estimate of drug-likeness (QED) is 0.621. The third-order valence-electron chi connectivity index (χ3n) is 2.38. The first-order valence-corrected chi connectivity index (χ1v) is 5.94. The predicted molar refractivity (Wildman–Crippen MR) is 61.7 cm³/mol. The first kappa shape index (κ1) is 13.7. The van der Waals surface area contributed by atoms with Crippen molar-refractivity contribution in [3.63, 3.8) is 0 Å². The summed E-state index contributed by atoms with van der Waals surface area (Å²) >= 11 is 1.07. The Morgan fingerprint density at radius 2 is 2.00 bits per heavy atom. The first-order chi connectivity index (χ1) is 8.79. The SMILES string of the molecule is Cc1ncc(C(=O)c2ccc(F)c(C(F)(F)F)c2)s1. The molecule has 7 heteroatoms. The van der Waals surface area contributed by atoms with Crippen LogP contribution in [0.25, 0.3) is 0 Å². The Balaban J connectivity index is 2.44. The predicted octanol–water partition coefficient (Wildman–Crippen LogP) is 3.84. The van der Waals surface area contributed by atoms with Crippen LogP contribution in [0.5, 0.6) is 0 Å². The van der Waals surface area contributed by atoms with E-state index < -0.39 is 23.3 Å². The number of hydrogen-bond acceptors (Lipinski definition) is 3. The molecule has 2 aromatic rings. The minimum Gasteiger partial charge on any atom is -0.288 e. The number of aryl methyl sites for hydroxylation is 1. The third-order valence-corrected chi connectivity index (χ3v) is 3.29. The number of thiazole rings is 1. The Labute approximate surface area is 109 Å². The van der Waals surface area contributed by atoms with E-state index in [0.29, 0.717) is 17.1 Å². The Bertz CT molecular complexity index is 633. The van der Waals surface area contributed by atoms with Gasteiger partial charge in [-0.05, 0) is 25.1 Å². The average Bonchev–Trinajstić information content (AvgIpc) is 2.74. The van der Waals surface area contributed by atoms with Crippen LogP contribution in [-0.2, 0) is 6.18 Å². The molecule has 0 aliphatic carbocycles. The van der Waals surface area contributed by atoms with Crippen LogP contribution in [-0.4, -0.2) is 10.8 Å². The molecule has 0 atom stereocenters. The Hall–Kier alpha value is -1.76. The van der Waals surface area contributed by atoms with E-state index in [1.807, 2.05) is 0 Å². The maximum atomic E-state index is 13.1. The van der Waals surface area contributed by atoms with Crippen LogP contribution in [0.4, 0.5) is 17.6 Å². The van der Waals surface area contributed by atoms with E-state index >= 15 is 0 Å². The third kappa shape index (κ3) is 2.81. The molecule has 2 nitrogen and oxygen atoms in total. The summed E-state index contributed by atoms with van der Waals surface area (Å²) in [5.41, 5.74) is -1.66. The molecule has 0 N–H and O–H groups in total. The number of hydrogen-bond donors (Lipinski definition) is 0. The molecule has 0 spiro atoms. The molecule has 2 rings (SSSR count). The Kier molecular flexibility index (Phi) is 3.40. The van der Waals surface area contributed by atoms with Gasteiger partial charge in [-0.3, -0.25) is 4.79 Å². The van der Waals surface area contributed by atoms with E-state index in [4.69, 9.17) is 0 Å². The molecule has 0 aliphatic rings. The number of nitrogens with zero attached hydrogens (tertiary/aromatic N) is 1. The number of carbonyl (C=O) groups is 1. The van der Waals surface area contributed by atoms with Crippen molar-refractivity contribution >= 4 is 17.1 Å². The van der Waals surface area contributed by atoms with Crippen LogP contribution in [0.1, 0.15) is 25.8 Å². The van der Waals surface area contributed by atoms with Crippen molar-refractivity contribution in [2.75, 3.05) is 0 Å². The molecular weight excluding hydrogens is 282 g/mol. The van der Waals surface area contributed by atoms with Crippen LogP contribution in [0, 0.1) is 12.7 Å². The summed E-state index contributed by atoms with van der Waals surface area (Å²) in [4.78, 5) is 16.0. The standard InChI is InChI=1S/C12H7F4NOS/c1-6-17-5-10(19-6)11(18)7-2-3-9(13)8(4-7)12(14,15)16/h2-5H,1H3. The van der Waals surface area contributed by atoms with Crippen molar-refractivity contribution in [3.8, 4) is 0 Å². The lowest BCUT2D eigenvalue weighted by atomic mass is 10.1. The molecule has 0 radical (unpaired) electrons. The number of aromatic nitrogens is 1. The zero-order valence-electron chi connectivity index (χ0n) is 9.58. The monoisotopic (exact) mass is 289 g/mol. The van der Waals surface area contributed by atoms with Crippen LogP contribution in [0.3, 0.4) is 0 Å². The summed E-state index contributed by atoms with van der Waals surface area (Å²) < 4.78 is 50.7. The van der Waals surface area contributed by atoms with Gasteiger partial charge in [0.25, 0.3) is 0 Å². The van der Waals surface area contributed by atoms with Crippen LogP contribution in [0.2, 0.25) is 0 Å². The van der Waals surface area contributed by atoms with Gasteiger partial charge in [0.05, 0.1) is 15.4 Å². The molecular formula is C12H7F4NOS. The second kappa shape index (κ2) is 4.73. The molecule has 0 unspecified atom stereocenters. The molecule has 0 aliphatic heterocycles. The molecule has 1 aromatic heterocycles. The van der Waals surface area contributed by atoms with Crippen molar-refractivity contribution in [3.05, 3.63) is 51.2 Å². The van der Waals surface area contributed by atoms with Crippen LogP contribution < -0.4 is 0 Å². The first-order valence-electron chi connectivity index (χ1n) is 5.13. The minimum absolute atomic E-state index is 0.211. The number of halogens is 4. The number of ketones is 1. The Morgan fingerprint density at radius 1 is 1.32 bits per heavy atom. The molecule has 0 amide bonds. The number of benzene rings is 1. The van der Waals surface area contributed by atoms with Crippen molar-refractivity contribution in [1.29, 1.82) is 0 Å². The topological polar surface area (TPSA) is 30.0 Å². The fourth-order valence-corrected chi connectivity index (χ4v) is 2.23. The highest BCUT2D eigenvalue weighted by Crippen LogP contribution is 2.32. The lowest BCUT2D eigenvalue weighted by Gasteiger charge is -2.09. The largest absolute Gasteiger partial charge is 0.419 e. The van der Waals surface area contributed by atoms with Crippen molar-refractivity contribution in [1.82, 2.24) is 4.98 Å². The Morgan fingerprint density at radius 3 is 2.53 bits per heavy atom. The summed E-state index contributed by atoms with van der Waals surface area (Å²) in [6, 6.07) is 2.19. The molecule has 0 saturated heterocycles.